The summed E-state index contributed by atoms with van der Waals surface area (Å²) in [5, 5.41) is 8.81. The maximum atomic E-state index is 6.11. The van der Waals surface area contributed by atoms with E-state index in [9.17, 15) is 0 Å². The molecule has 0 bridgehead atoms. The molecule has 0 unspecified atom stereocenters. The summed E-state index contributed by atoms with van der Waals surface area (Å²) in [5.74, 6) is 0. The molecular formula is C10H9Cl2NS2. The number of hydrogen-bond donors (Lipinski definition) is 1. The van der Waals surface area contributed by atoms with Crippen molar-refractivity contribution in [1.82, 2.24) is 5.32 Å². The number of hydrogen-bond acceptors (Lipinski definition) is 3. The maximum absolute atomic E-state index is 6.11. The molecule has 0 aliphatic rings. The topological polar surface area (TPSA) is 12.0 Å². The Kier molecular flexibility index (Phi) is 3.69. The molecule has 0 saturated heterocycles. The zero-order valence-corrected chi connectivity index (χ0v) is 11.1. The zero-order valence-electron chi connectivity index (χ0n) is 7.96. The highest BCUT2D eigenvalue weighted by Crippen LogP contribution is 2.38. The van der Waals surface area contributed by atoms with Crippen LogP contribution in [0.3, 0.4) is 0 Å². The third-order valence-electron chi connectivity index (χ3n) is 2.10. The summed E-state index contributed by atoms with van der Waals surface area (Å²) in [7, 11) is 1.91. The van der Waals surface area contributed by atoms with Crippen LogP contribution in [0.2, 0.25) is 10.0 Å². The Hall–Kier alpha value is -0.0600. The standard InChI is InChI=1S/C10H9Cl2NS2/c1-13-8(9-6(11)2-4-14-9)10-7(12)3-5-15-10/h2-5,8,13H,1H3. The molecule has 2 heterocycles. The van der Waals surface area contributed by atoms with Crippen molar-refractivity contribution in [2.75, 3.05) is 7.05 Å². The molecule has 2 aromatic rings. The van der Waals surface area contributed by atoms with Gasteiger partial charge in [0.1, 0.15) is 0 Å². The summed E-state index contributed by atoms with van der Waals surface area (Å²) in [4.78, 5) is 2.23. The van der Waals surface area contributed by atoms with Gasteiger partial charge in [-0.05, 0) is 29.9 Å². The fourth-order valence-corrected chi connectivity index (χ4v) is 4.05. The highest BCUT2D eigenvalue weighted by molar-refractivity contribution is 7.12. The van der Waals surface area contributed by atoms with Crippen LogP contribution in [-0.2, 0) is 0 Å². The van der Waals surface area contributed by atoms with Crippen molar-refractivity contribution in [2.24, 2.45) is 0 Å². The van der Waals surface area contributed by atoms with Gasteiger partial charge >= 0.3 is 0 Å². The van der Waals surface area contributed by atoms with Crippen molar-refractivity contribution in [3.05, 3.63) is 42.7 Å². The summed E-state index contributed by atoms with van der Waals surface area (Å²) in [6, 6.07) is 3.92. The van der Waals surface area contributed by atoms with Crippen molar-refractivity contribution in [3.63, 3.8) is 0 Å². The Morgan fingerprint density at radius 2 is 1.53 bits per heavy atom. The Morgan fingerprint density at radius 1 is 1.07 bits per heavy atom. The second kappa shape index (κ2) is 4.85. The first kappa shape index (κ1) is 11.4. The normalized spacial score (nSPS) is 11.2. The van der Waals surface area contributed by atoms with Crippen molar-refractivity contribution in [3.8, 4) is 0 Å². The van der Waals surface area contributed by atoms with Gasteiger partial charge in [0.25, 0.3) is 0 Å². The average Bonchev–Trinajstić information content (AvgIpc) is 2.80. The number of thiophene rings is 2. The summed E-state index contributed by atoms with van der Waals surface area (Å²) in [6.45, 7) is 0. The molecule has 0 fully saturated rings. The van der Waals surface area contributed by atoms with Crippen LogP contribution in [0, 0.1) is 0 Å². The first-order chi connectivity index (χ1) is 7.24. The fraction of sp³-hybridized carbons (Fsp3) is 0.200. The quantitative estimate of drug-likeness (QED) is 0.876. The third-order valence-corrected chi connectivity index (χ3v) is 4.95. The molecule has 0 atom stereocenters. The SMILES string of the molecule is CNC(c1sccc1Cl)c1sccc1Cl. The molecule has 1 N–H and O–H groups in total. The molecule has 0 aromatic carbocycles. The van der Waals surface area contributed by atoms with E-state index in [1.807, 2.05) is 29.9 Å². The van der Waals surface area contributed by atoms with Crippen LogP contribution in [0.15, 0.2) is 22.9 Å². The first-order valence-corrected chi connectivity index (χ1v) is 6.88. The summed E-state index contributed by atoms with van der Waals surface area (Å²) < 4.78 is 0. The molecule has 0 saturated carbocycles. The Labute approximate surface area is 107 Å². The minimum atomic E-state index is 0.102. The minimum absolute atomic E-state index is 0.102. The van der Waals surface area contributed by atoms with E-state index < -0.39 is 0 Å². The van der Waals surface area contributed by atoms with Crippen molar-refractivity contribution < 1.29 is 0 Å². The first-order valence-electron chi connectivity index (χ1n) is 4.37. The van der Waals surface area contributed by atoms with Gasteiger partial charge in [-0.15, -0.1) is 22.7 Å². The second-order valence-corrected chi connectivity index (χ2v) is 5.70. The largest absolute Gasteiger partial charge is 0.308 e. The Morgan fingerprint density at radius 3 is 1.80 bits per heavy atom. The van der Waals surface area contributed by atoms with Crippen LogP contribution in [0.1, 0.15) is 15.8 Å². The van der Waals surface area contributed by atoms with Crippen molar-refractivity contribution in [1.29, 1.82) is 0 Å². The Balaban J connectivity index is 2.41. The Bertz CT molecular complexity index is 409. The second-order valence-electron chi connectivity index (χ2n) is 2.99. The molecule has 5 heteroatoms. The molecule has 80 valence electrons. The van der Waals surface area contributed by atoms with Crippen LogP contribution in [0.5, 0.6) is 0 Å². The van der Waals surface area contributed by atoms with Crippen molar-refractivity contribution in [2.45, 2.75) is 6.04 Å². The molecule has 0 amide bonds. The van der Waals surface area contributed by atoms with Gasteiger partial charge in [0, 0.05) is 9.75 Å². The van der Waals surface area contributed by atoms with Crippen LogP contribution in [0.25, 0.3) is 0 Å². The maximum Gasteiger partial charge on any atom is 0.0792 e. The molecule has 15 heavy (non-hydrogen) atoms. The van der Waals surface area contributed by atoms with Crippen LogP contribution in [0.4, 0.5) is 0 Å². The zero-order chi connectivity index (χ0) is 10.8. The molecular weight excluding hydrogens is 269 g/mol. The van der Waals surface area contributed by atoms with Gasteiger partial charge < -0.3 is 5.32 Å². The van der Waals surface area contributed by atoms with Crippen molar-refractivity contribution >= 4 is 45.9 Å². The molecule has 0 radical (unpaired) electrons. The van der Waals surface area contributed by atoms with E-state index in [-0.39, 0.29) is 6.04 Å². The van der Waals surface area contributed by atoms with E-state index >= 15 is 0 Å². The van der Waals surface area contributed by atoms with E-state index in [1.54, 1.807) is 22.7 Å². The van der Waals surface area contributed by atoms with Gasteiger partial charge in [0.15, 0.2) is 0 Å². The van der Waals surface area contributed by atoms with Crippen LogP contribution < -0.4 is 5.32 Å². The number of rotatable bonds is 3. The van der Waals surface area contributed by atoms with Gasteiger partial charge in [0.2, 0.25) is 0 Å². The van der Waals surface area contributed by atoms with E-state index in [0.717, 1.165) is 19.8 Å². The highest BCUT2D eigenvalue weighted by atomic mass is 35.5. The van der Waals surface area contributed by atoms with E-state index in [1.165, 1.54) is 0 Å². The number of halogens is 2. The number of nitrogens with one attached hydrogen (secondary N) is 1. The van der Waals surface area contributed by atoms with Gasteiger partial charge in [0.05, 0.1) is 16.1 Å². The molecule has 2 aromatic heterocycles. The fourth-order valence-electron chi connectivity index (χ4n) is 1.40. The predicted octanol–water partition coefficient (Wildman–Crippen LogP) is 4.43. The summed E-state index contributed by atoms with van der Waals surface area (Å²) in [5.41, 5.74) is 0. The molecule has 0 aliphatic heterocycles. The summed E-state index contributed by atoms with van der Waals surface area (Å²) >= 11 is 15.5. The van der Waals surface area contributed by atoms with Gasteiger partial charge in [-0.2, -0.15) is 0 Å². The summed E-state index contributed by atoms with van der Waals surface area (Å²) in [6.07, 6.45) is 0. The minimum Gasteiger partial charge on any atom is -0.308 e. The lowest BCUT2D eigenvalue weighted by molar-refractivity contribution is 0.716. The highest BCUT2D eigenvalue weighted by Gasteiger charge is 2.19. The van der Waals surface area contributed by atoms with Crippen LogP contribution >= 0.6 is 45.9 Å². The molecule has 0 spiro atoms. The van der Waals surface area contributed by atoms with E-state index in [4.69, 9.17) is 23.2 Å². The lowest BCUT2D eigenvalue weighted by Gasteiger charge is -2.14. The average molecular weight is 278 g/mol. The van der Waals surface area contributed by atoms with Crippen LogP contribution in [-0.4, -0.2) is 7.05 Å². The van der Waals surface area contributed by atoms with Gasteiger partial charge in [-0.3, -0.25) is 0 Å². The predicted molar refractivity (Wildman–Crippen MR) is 69.6 cm³/mol. The molecule has 0 aliphatic carbocycles. The molecule has 2 rings (SSSR count). The van der Waals surface area contributed by atoms with E-state index in [0.29, 0.717) is 0 Å². The smallest absolute Gasteiger partial charge is 0.0792 e. The lowest BCUT2D eigenvalue weighted by Crippen LogP contribution is -2.15. The third kappa shape index (κ3) is 2.22. The van der Waals surface area contributed by atoms with Gasteiger partial charge in [-0.25, -0.2) is 0 Å². The van der Waals surface area contributed by atoms with Gasteiger partial charge in [-0.1, -0.05) is 23.2 Å². The van der Waals surface area contributed by atoms with E-state index in [2.05, 4.69) is 5.32 Å². The molecule has 1 nitrogen and oxygen atoms in total. The lowest BCUT2D eigenvalue weighted by atomic mass is 10.2. The monoisotopic (exact) mass is 277 g/mol.